The van der Waals surface area contributed by atoms with Gasteiger partial charge in [-0.3, -0.25) is 9.59 Å². The lowest BCUT2D eigenvalue weighted by atomic mass is 10.2. The van der Waals surface area contributed by atoms with Crippen LogP contribution in [-0.4, -0.2) is 43.0 Å². The molecule has 3 N–H and O–H groups in total. The Hall–Kier alpha value is -2.08. The molecule has 0 heterocycles. The molecule has 0 unspecified atom stereocenters. The highest BCUT2D eigenvalue weighted by atomic mass is 16.5. The van der Waals surface area contributed by atoms with Crippen molar-refractivity contribution in [3.05, 3.63) is 24.3 Å². The van der Waals surface area contributed by atoms with Crippen LogP contribution in [-0.2, 0) is 9.59 Å². The fraction of sp³-hybridized carbons (Fsp3) is 0.467. The molecule has 0 aliphatic heterocycles. The van der Waals surface area contributed by atoms with Gasteiger partial charge in [-0.1, -0.05) is 19.1 Å². The van der Waals surface area contributed by atoms with Crippen molar-refractivity contribution < 1.29 is 14.3 Å². The number of benzene rings is 1. The number of carbonyl (C=O) groups is 2. The second-order valence-electron chi connectivity index (χ2n) is 4.80. The molecule has 1 rings (SSSR count). The summed E-state index contributed by atoms with van der Waals surface area (Å²) < 4.78 is 5.17. The molecule has 0 aliphatic carbocycles. The van der Waals surface area contributed by atoms with E-state index in [4.69, 9.17) is 10.5 Å². The van der Waals surface area contributed by atoms with E-state index in [1.54, 1.807) is 25.1 Å². The number of nitrogens with zero attached hydrogens (tertiary/aromatic N) is 1. The van der Waals surface area contributed by atoms with E-state index in [-0.39, 0.29) is 18.4 Å². The smallest absolute Gasteiger partial charge is 0.244 e. The number of methoxy groups -OCH3 is 1. The molecule has 6 heteroatoms. The summed E-state index contributed by atoms with van der Waals surface area (Å²) in [5, 5.41) is 2.75. The van der Waals surface area contributed by atoms with Crippen molar-refractivity contribution in [2.45, 2.75) is 26.3 Å². The van der Waals surface area contributed by atoms with E-state index in [0.717, 1.165) is 6.42 Å². The molecular formula is C15H23N3O3. The van der Waals surface area contributed by atoms with Gasteiger partial charge in [0, 0.05) is 6.54 Å². The number of rotatable bonds is 7. The monoisotopic (exact) mass is 293 g/mol. The standard InChI is InChI=1S/C15H23N3O3/c1-4-9-18(15(20)11(2)16)10-14(19)17-12-7-5-6-8-13(12)21-3/h5-8,11H,4,9-10,16H2,1-3H3,(H,17,19)/t11-/m0/s1. The van der Waals surface area contributed by atoms with Crippen molar-refractivity contribution in [2.75, 3.05) is 25.5 Å². The summed E-state index contributed by atoms with van der Waals surface area (Å²) in [5.41, 5.74) is 6.18. The number of amides is 2. The van der Waals surface area contributed by atoms with Gasteiger partial charge in [0.05, 0.1) is 25.4 Å². The fourth-order valence-corrected chi connectivity index (χ4v) is 1.94. The molecule has 116 valence electrons. The van der Waals surface area contributed by atoms with Gasteiger partial charge in [-0.2, -0.15) is 0 Å². The second-order valence-corrected chi connectivity index (χ2v) is 4.80. The van der Waals surface area contributed by atoms with E-state index < -0.39 is 6.04 Å². The van der Waals surface area contributed by atoms with Gasteiger partial charge in [0.15, 0.2) is 0 Å². The van der Waals surface area contributed by atoms with Crippen molar-refractivity contribution in [3.63, 3.8) is 0 Å². The van der Waals surface area contributed by atoms with Gasteiger partial charge in [-0.25, -0.2) is 0 Å². The first kappa shape index (κ1) is 17.0. The number of para-hydroxylation sites is 2. The maximum atomic E-state index is 12.1. The zero-order valence-corrected chi connectivity index (χ0v) is 12.8. The maximum absolute atomic E-state index is 12.1. The predicted molar refractivity (Wildman–Crippen MR) is 82.1 cm³/mol. The van der Waals surface area contributed by atoms with Crippen molar-refractivity contribution in [1.29, 1.82) is 0 Å². The van der Waals surface area contributed by atoms with E-state index in [1.807, 2.05) is 13.0 Å². The van der Waals surface area contributed by atoms with Crippen LogP contribution in [0.15, 0.2) is 24.3 Å². The Morgan fingerprint density at radius 2 is 2.05 bits per heavy atom. The van der Waals surface area contributed by atoms with Crippen molar-refractivity contribution >= 4 is 17.5 Å². The lowest BCUT2D eigenvalue weighted by Crippen LogP contribution is -2.45. The van der Waals surface area contributed by atoms with Gasteiger partial charge in [-0.05, 0) is 25.5 Å². The van der Waals surface area contributed by atoms with Crippen LogP contribution in [0, 0.1) is 0 Å². The summed E-state index contributed by atoms with van der Waals surface area (Å²) in [4.78, 5) is 25.5. The third kappa shape index (κ3) is 5.07. The number of carbonyl (C=O) groups excluding carboxylic acids is 2. The minimum absolute atomic E-state index is 0.0216. The summed E-state index contributed by atoms with van der Waals surface area (Å²) >= 11 is 0. The van der Waals surface area contributed by atoms with Gasteiger partial charge in [-0.15, -0.1) is 0 Å². The molecule has 1 aromatic rings. The summed E-state index contributed by atoms with van der Waals surface area (Å²) in [6.07, 6.45) is 0.764. The molecule has 2 amide bonds. The summed E-state index contributed by atoms with van der Waals surface area (Å²) in [5.74, 6) is 0.0698. The zero-order chi connectivity index (χ0) is 15.8. The lowest BCUT2D eigenvalue weighted by molar-refractivity contribution is -0.135. The Morgan fingerprint density at radius 3 is 2.62 bits per heavy atom. The normalized spacial score (nSPS) is 11.6. The molecule has 1 atom stereocenters. The zero-order valence-electron chi connectivity index (χ0n) is 12.8. The largest absolute Gasteiger partial charge is 0.495 e. The van der Waals surface area contributed by atoms with Gasteiger partial charge in [0.1, 0.15) is 5.75 Å². The van der Waals surface area contributed by atoms with Crippen LogP contribution >= 0.6 is 0 Å². The number of hydrogen-bond donors (Lipinski definition) is 2. The quantitative estimate of drug-likeness (QED) is 0.791. The Morgan fingerprint density at radius 1 is 1.38 bits per heavy atom. The molecule has 6 nitrogen and oxygen atoms in total. The highest BCUT2D eigenvalue weighted by Gasteiger charge is 2.19. The van der Waals surface area contributed by atoms with E-state index in [9.17, 15) is 9.59 Å². The molecule has 0 bridgehead atoms. The van der Waals surface area contributed by atoms with E-state index in [1.165, 1.54) is 12.0 Å². The number of anilines is 1. The predicted octanol–water partition coefficient (Wildman–Crippen LogP) is 1.22. The molecule has 0 aromatic heterocycles. The van der Waals surface area contributed by atoms with Gasteiger partial charge < -0.3 is 20.7 Å². The fourth-order valence-electron chi connectivity index (χ4n) is 1.94. The number of hydrogen-bond acceptors (Lipinski definition) is 4. The van der Waals surface area contributed by atoms with Crippen LogP contribution in [0.4, 0.5) is 5.69 Å². The second kappa shape index (κ2) is 8.26. The third-order valence-electron chi connectivity index (χ3n) is 2.91. The average Bonchev–Trinajstić information content (AvgIpc) is 2.46. The first-order valence-corrected chi connectivity index (χ1v) is 6.96. The lowest BCUT2D eigenvalue weighted by Gasteiger charge is -2.23. The summed E-state index contributed by atoms with van der Waals surface area (Å²) in [6, 6.07) is 6.50. The van der Waals surface area contributed by atoms with Gasteiger partial charge in [0.25, 0.3) is 0 Å². The molecule has 0 aliphatic rings. The van der Waals surface area contributed by atoms with Crippen LogP contribution in [0.3, 0.4) is 0 Å². The van der Waals surface area contributed by atoms with E-state index in [2.05, 4.69) is 5.32 Å². The van der Waals surface area contributed by atoms with E-state index >= 15 is 0 Å². The SMILES string of the molecule is CCCN(CC(=O)Nc1ccccc1OC)C(=O)[C@H](C)N. The van der Waals surface area contributed by atoms with Crippen LogP contribution in [0.2, 0.25) is 0 Å². The maximum Gasteiger partial charge on any atom is 0.244 e. The van der Waals surface area contributed by atoms with Crippen LogP contribution in [0.25, 0.3) is 0 Å². The van der Waals surface area contributed by atoms with Crippen LogP contribution < -0.4 is 15.8 Å². The highest BCUT2D eigenvalue weighted by Crippen LogP contribution is 2.22. The van der Waals surface area contributed by atoms with E-state index in [0.29, 0.717) is 18.0 Å². The molecule has 0 saturated heterocycles. The van der Waals surface area contributed by atoms with Crippen molar-refractivity contribution in [1.82, 2.24) is 4.90 Å². The first-order valence-electron chi connectivity index (χ1n) is 6.96. The minimum atomic E-state index is -0.615. The molecule has 21 heavy (non-hydrogen) atoms. The third-order valence-corrected chi connectivity index (χ3v) is 2.91. The molecule has 1 aromatic carbocycles. The Bertz CT molecular complexity index is 489. The van der Waals surface area contributed by atoms with Crippen molar-refractivity contribution in [3.8, 4) is 5.75 Å². The van der Waals surface area contributed by atoms with Crippen LogP contribution in [0.1, 0.15) is 20.3 Å². The van der Waals surface area contributed by atoms with Gasteiger partial charge in [0.2, 0.25) is 11.8 Å². The summed E-state index contributed by atoms with van der Waals surface area (Å²) in [6.45, 7) is 4.04. The highest BCUT2D eigenvalue weighted by molar-refractivity contribution is 5.96. The number of ether oxygens (including phenoxy) is 1. The Kier molecular flexibility index (Phi) is 6.68. The summed E-state index contributed by atoms with van der Waals surface area (Å²) in [7, 11) is 1.54. The average molecular weight is 293 g/mol. The Balaban J connectivity index is 2.72. The van der Waals surface area contributed by atoms with Crippen LogP contribution in [0.5, 0.6) is 5.75 Å². The first-order chi connectivity index (χ1) is 9.99. The van der Waals surface area contributed by atoms with Crippen molar-refractivity contribution in [2.24, 2.45) is 5.73 Å². The topological polar surface area (TPSA) is 84.7 Å². The van der Waals surface area contributed by atoms with Gasteiger partial charge >= 0.3 is 0 Å². The molecule has 0 fully saturated rings. The minimum Gasteiger partial charge on any atom is -0.495 e. The molecule has 0 spiro atoms. The number of nitrogens with two attached hydrogens (primary N) is 1. The molecule has 0 radical (unpaired) electrons. The molecular weight excluding hydrogens is 270 g/mol. The molecule has 0 saturated carbocycles. The number of nitrogens with one attached hydrogen (secondary N) is 1. The Labute approximate surface area is 125 Å².